The van der Waals surface area contributed by atoms with Gasteiger partial charge in [0, 0.05) is 5.56 Å². The molecule has 1 N–H and O–H groups in total. The molecule has 0 spiro atoms. The summed E-state index contributed by atoms with van der Waals surface area (Å²) in [5, 5.41) is 0. The van der Waals surface area contributed by atoms with Gasteiger partial charge in [-0.05, 0) is 19.9 Å². The molecule has 3 heteroatoms. The van der Waals surface area contributed by atoms with E-state index >= 15 is 0 Å². The highest BCUT2D eigenvalue weighted by atomic mass is 19.1. The summed E-state index contributed by atoms with van der Waals surface area (Å²) < 4.78 is 13.2. The number of hydrogen-bond acceptors (Lipinski definition) is 2. The van der Waals surface area contributed by atoms with Gasteiger partial charge >= 0.3 is 0 Å². The van der Waals surface area contributed by atoms with Crippen LogP contribution in [0.3, 0.4) is 0 Å². The Labute approximate surface area is 77.7 Å². The summed E-state index contributed by atoms with van der Waals surface area (Å²) in [4.78, 5) is 4.99. The third kappa shape index (κ3) is 2.79. The molecule has 1 rings (SSSR count). The molecule has 0 aliphatic heterocycles. The largest absolute Gasteiger partial charge is 0.302 e. The first kappa shape index (κ1) is 10.2. The lowest BCUT2D eigenvalue weighted by molar-refractivity contribution is 0.0277. The zero-order valence-corrected chi connectivity index (χ0v) is 7.88. The number of rotatable bonds is 4. The van der Waals surface area contributed by atoms with Gasteiger partial charge in [-0.2, -0.15) is 5.48 Å². The summed E-state index contributed by atoms with van der Waals surface area (Å²) in [6.45, 7) is 4.30. The molecule has 0 heterocycles. The van der Waals surface area contributed by atoms with Crippen LogP contribution >= 0.6 is 0 Å². The van der Waals surface area contributed by atoms with Crippen LogP contribution in [0.15, 0.2) is 24.3 Å². The smallest absolute Gasteiger partial charge is 0.128 e. The van der Waals surface area contributed by atoms with Crippen molar-refractivity contribution in [2.24, 2.45) is 0 Å². The number of hydrogen-bond donors (Lipinski definition) is 1. The van der Waals surface area contributed by atoms with E-state index < -0.39 is 0 Å². The molecule has 72 valence electrons. The van der Waals surface area contributed by atoms with E-state index in [4.69, 9.17) is 4.84 Å². The zero-order chi connectivity index (χ0) is 9.68. The maximum absolute atomic E-state index is 13.2. The van der Waals surface area contributed by atoms with E-state index in [0.29, 0.717) is 12.2 Å². The Morgan fingerprint density at radius 1 is 1.46 bits per heavy atom. The van der Waals surface area contributed by atoms with Crippen molar-refractivity contribution in [1.29, 1.82) is 0 Å². The lowest BCUT2D eigenvalue weighted by Crippen LogP contribution is -2.19. The topological polar surface area (TPSA) is 21.3 Å². The third-order valence-corrected chi connectivity index (χ3v) is 1.78. The maximum atomic E-state index is 13.2. The Kier molecular flexibility index (Phi) is 3.86. The Bertz CT molecular complexity index is 265. The fraction of sp³-hybridized carbons (Fsp3) is 0.400. The SMILES string of the molecule is CCONC(C)c1ccccc1F. The van der Waals surface area contributed by atoms with Crippen LogP contribution in [0.2, 0.25) is 0 Å². The van der Waals surface area contributed by atoms with Crippen LogP contribution in [0.25, 0.3) is 0 Å². The monoisotopic (exact) mass is 183 g/mol. The molecule has 0 fully saturated rings. The highest BCUT2D eigenvalue weighted by Gasteiger charge is 2.08. The van der Waals surface area contributed by atoms with Crippen molar-refractivity contribution in [2.75, 3.05) is 6.61 Å². The van der Waals surface area contributed by atoms with Crippen molar-refractivity contribution >= 4 is 0 Å². The maximum Gasteiger partial charge on any atom is 0.128 e. The minimum atomic E-state index is -0.206. The second-order valence-corrected chi connectivity index (χ2v) is 2.79. The van der Waals surface area contributed by atoms with E-state index in [0.717, 1.165) is 0 Å². The first-order valence-electron chi connectivity index (χ1n) is 4.37. The molecular weight excluding hydrogens is 169 g/mol. The van der Waals surface area contributed by atoms with Gasteiger partial charge in [0.05, 0.1) is 12.6 Å². The molecule has 13 heavy (non-hydrogen) atoms. The van der Waals surface area contributed by atoms with Gasteiger partial charge in [-0.1, -0.05) is 18.2 Å². The van der Waals surface area contributed by atoms with Gasteiger partial charge in [-0.3, -0.25) is 0 Å². The van der Waals surface area contributed by atoms with Crippen LogP contribution in [-0.2, 0) is 4.84 Å². The summed E-state index contributed by atoms with van der Waals surface area (Å²) in [6, 6.07) is 6.54. The molecule has 1 aromatic carbocycles. The molecule has 0 bridgehead atoms. The lowest BCUT2D eigenvalue weighted by atomic mass is 10.1. The molecule has 1 atom stereocenters. The predicted molar refractivity (Wildman–Crippen MR) is 49.6 cm³/mol. The molecule has 0 aromatic heterocycles. The standard InChI is InChI=1S/C10H14FNO/c1-3-13-12-8(2)9-6-4-5-7-10(9)11/h4-8,12H,3H2,1-2H3. The summed E-state index contributed by atoms with van der Waals surface area (Å²) in [6.07, 6.45) is 0. The molecule has 0 saturated carbocycles. The minimum absolute atomic E-state index is 0.124. The molecule has 2 nitrogen and oxygen atoms in total. The van der Waals surface area contributed by atoms with Gasteiger partial charge in [-0.15, -0.1) is 0 Å². The van der Waals surface area contributed by atoms with Gasteiger partial charge in [0.15, 0.2) is 0 Å². The van der Waals surface area contributed by atoms with Crippen molar-refractivity contribution in [3.05, 3.63) is 35.6 Å². The van der Waals surface area contributed by atoms with Crippen LogP contribution in [0.5, 0.6) is 0 Å². The fourth-order valence-corrected chi connectivity index (χ4v) is 1.10. The Morgan fingerprint density at radius 2 is 2.15 bits per heavy atom. The van der Waals surface area contributed by atoms with Gasteiger partial charge in [0.2, 0.25) is 0 Å². The number of nitrogens with one attached hydrogen (secondary N) is 1. The number of benzene rings is 1. The summed E-state index contributed by atoms with van der Waals surface area (Å²) in [5.74, 6) is -0.206. The summed E-state index contributed by atoms with van der Waals surface area (Å²) >= 11 is 0. The van der Waals surface area contributed by atoms with E-state index in [1.807, 2.05) is 19.9 Å². The first-order valence-corrected chi connectivity index (χ1v) is 4.37. The molecule has 0 aliphatic rings. The van der Waals surface area contributed by atoms with E-state index in [9.17, 15) is 4.39 Å². The van der Waals surface area contributed by atoms with Gasteiger partial charge in [0.1, 0.15) is 5.82 Å². The van der Waals surface area contributed by atoms with Crippen LogP contribution in [0.4, 0.5) is 4.39 Å². The van der Waals surface area contributed by atoms with Crippen LogP contribution in [0, 0.1) is 5.82 Å². The zero-order valence-electron chi connectivity index (χ0n) is 7.88. The van der Waals surface area contributed by atoms with Crippen LogP contribution in [-0.4, -0.2) is 6.61 Å². The van der Waals surface area contributed by atoms with E-state index in [2.05, 4.69) is 5.48 Å². The Hall–Kier alpha value is -0.930. The van der Waals surface area contributed by atoms with Crippen molar-refractivity contribution in [3.63, 3.8) is 0 Å². The molecule has 0 radical (unpaired) electrons. The first-order chi connectivity index (χ1) is 6.25. The van der Waals surface area contributed by atoms with E-state index in [1.165, 1.54) is 6.07 Å². The molecule has 1 unspecified atom stereocenters. The number of hydroxylamine groups is 1. The molecule has 0 amide bonds. The second kappa shape index (κ2) is 4.94. The second-order valence-electron chi connectivity index (χ2n) is 2.79. The van der Waals surface area contributed by atoms with Crippen molar-refractivity contribution < 1.29 is 9.23 Å². The predicted octanol–water partition coefficient (Wildman–Crippen LogP) is 2.43. The highest BCUT2D eigenvalue weighted by Crippen LogP contribution is 2.15. The molecule has 0 aliphatic carbocycles. The summed E-state index contributed by atoms with van der Waals surface area (Å²) in [7, 11) is 0. The van der Waals surface area contributed by atoms with Gasteiger partial charge in [-0.25, -0.2) is 4.39 Å². The lowest BCUT2D eigenvalue weighted by Gasteiger charge is -2.13. The molecular formula is C10H14FNO. The third-order valence-electron chi connectivity index (χ3n) is 1.78. The Balaban J connectivity index is 2.65. The Morgan fingerprint density at radius 3 is 2.77 bits per heavy atom. The average Bonchev–Trinajstić information content (AvgIpc) is 2.15. The van der Waals surface area contributed by atoms with E-state index in [-0.39, 0.29) is 11.9 Å². The van der Waals surface area contributed by atoms with Crippen molar-refractivity contribution in [3.8, 4) is 0 Å². The van der Waals surface area contributed by atoms with Crippen molar-refractivity contribution in [1.82, 2.24) is 5.48 Å². The molecule has 1 aromatic rings. The van der Waals surface area contributed by atoms with Gasteiger partial charge in [0.25, 0.3) is 0 Å². The fourth-order valence-electron chi connectivity index (χ4n) is 1.10. The summed E-state index contributed by atoms with van der Waals surface area (Å²) in [5.41, 5.74) is 3.37. The van der Waals surface area contributed by atoms with Gasteiger partial charge < -0.3 is 4.84 Å². The quantitative estimate of drug-likeness (QED) is 0.724. The van der Waals surface area contributed by atoms with E-state index in [1.54, 1.807) is 12.1 Å². The highest BCUT2D eigenvalue weighted by molar-refractivity contribution is 5.20. The molecule has 0 saturated heterocycles. The minimum Gasteiger partial charge on any atom is -0.302 e. The van der Waals surface area contributed by atoms with Crippen molar-refractivity contribution in [2.45, 2.75) is 19.9 Å². The number of halogens is 1. The van der Waals surface area contributed by atoms with Crippen LogP contribution < -0.4 is 5.48 Å². The average molecular weight is 183 g/mol. The normalized spacial score (nSPS) is 12.8. The van der Waals surface area contributed by atoms with Crippen LogP contribution in [0.1, 0.15) is 25.5 Å².